The predicted octanol–water partition coefficient (Wildman–Crippen LogP) is 2.98. The number of amides is 1. The van der Waals surface area contributed by atoms with Crippen LogP contribution in [0.4, 0.5) is 0 Å². The summed E-state index contributed by atoms with van der Waals surface area (Å²) >= 11 is 0. The molecule has 0 bridgehead atoms. The molecule has 1 amide bonds. The second-order valence-corrected chi connectivity index (χ2v) is 6.63. The average molecular weight is 391 g/mol. The summed E-state index contributed by atoms with van der Waals surface area (Å²) in [6, 6.07) is 13.4. The van der Waals surface area contributed by atoms with Gasteiger partial charge in [0.25, 0.3) is 0 Å². The zero-order chi connectivity index (χ0) is 20.4. The first-order valence-electron chi connectivity index (χ1n) is 9.15. The Balaban J connectivity index is 1.62. The van der Waals surface area contributed by atoms with Crippen LogP contribution in [0.2, 0.25) is 0 Å². The van der Waals surface area contributed by atoms with Crippen LogP contribution in [0.3, 0.4) is 0 Å². The van der Waals surface area contributed by atoms with Crippen LogP contribution < -0.4 is 9.47 Å². The van der Waals surface area contributed by atoms with E-state index in [1.807, 2.05) is 42.5 Å². The van der Waals surface area contributed by atoms with Crippen molar-refractivity contribution < 1.29 is 14.3 Å². The van der Waals surface area contributed by atoms with Gasteiger partial charge in [-0.1, -0.05) is 12.1 Å². The molecule has 1 unspecified atom stereocenters. The molecule has 8 nitrogen and oxygen atoms in total. The Labute approximate surface area is 168 Å². The van der Waals surface area contributed by atoms with E-state index in [1.54, 1.807) is 25.2 Å². The summed E-state index contributed by atoms with van der Waals surface area (Å²) in [6.07, 6.45) is 3.74. The van der Waals surface area contributed by atoms with Gasteiger partial charge < -0.3 is 9.47 Å². The molecule has 1 atom stereocenters. The third-order valence-corrected chi connectivity index (χ3v) is 4.91. The number of methoxy groups -OCH3 is 2. The second kappa shape index (κ2) is 7.75. The molecular weight excluding hydrogens is 370 g/mol. The number of nitrogens with zero attached hydrogens (tertiary/aromatic N) is 5. The van der Waals surface area contributed by atoms with Crippen molar-refractivity contribution in [2.45, 2.75) is 19.4 Å². The Morgan fingerprint density at radius 1 is 1.07 bits per heavy atom. The van der Waals surface area contributed by atoms with E-state index in [0.29, 0.717) is 17.9 Å². The summed E-state index contributed by atoms with van der Waals surface area (Å²) in [4.78, 5) is 16.2. The quantitative estimate of drug-likeness (QED) is 0.668. The average Bonchev–Trinajstić information content (AvgIpc) is 3.43. The van der Waals surface area contributed by atoms with E-state index in [0.717, 1.165) is 22.5 Å². The van der Waals surface area contributed by atoms with Crippen LogP contribution in [-0.4, -0.2) is 45.6 Å². The SMILES string of the molecule is COc1ccc(C2=NN(C(C)=O)C(c3ccc(-n4cncn4)cc3)C2)cc1OC. The van der Waals surface area contributed by atoms with Gasteiger partial charge in [0.15, 0.2) is 11.5 Å². The van der Waals surface area contributed by atoms with Crippen LogP contribution in [0.5, 0.6) is 11.5 Å². The molecule has 4 rings (SSSR count). The Bertz CT molecular complexity index is 1040. The van der Waals surface area contributed by atoms with Gasteiger partial charge in [-0.15, -0.1) is 0 Å². The van der Waals surface area contributed by atoms with E-state index in [4.69, 9.17) is 9.47 Å². The third kappa shape index (κ3) is 3.56. The van der Waals surface area contributed by atoms with E-state index >= 15 is 0 Å². The number of carbonyl (C=O) groups is 1. The van der Waals surface area contributed by atoms with Crippen molar-refractivity contribution in [1.82, 2.24) is 19.8 Å². The van der Waals surface area contributed by atoms with Crippen molar-refractivity contribution in [2.24, 2.45) is 5.10 Å². The van der Waals surface area contributed by atoms with Crippen molar-refractivity contribution in [3.8, 4) is 17.2 Å². The lowest BCUT2D eigenvalue weighted by molar-refractivity contribution is -0.130. The van der Waals surface area contributed by atoms with Crippen LogP contribution in [0.15, 0.2) is 60.2 Å². The fourth-order valence-corrected chi connectivity index (χ4v) is 3.44. The smallest absolute Gasteiger partial charge is 0.240 e. The highest BCUT2D eigenvalue weighted by atomic mass is 16.5. The Kier molecular flexibility index (Phi) is 4.99. The molecule has 2 heterocycles. The number of aromatic nitrogens is 3. The summed E-state index contributed by atoms with van der Waals surface area (Å²) in [7, 11) is 3.19. The number of rotatable bonds is 5. The van der Waals surface area contributed by atoms with Gasteiger partial charge in [0, 0.05) is 18.9 Å². The molecule has 0 N–H and O–H groups in total. The van der Waals surface area contributed by atoms with Crippen molar-refractivity contribution in [2.75, 3.05) is 14.2 Å². The molecule has 3 aromatic rings. The van der Waals surface area contributed by atoms with Crippen molar-refractivity contribution in [1.29, 1.82) is 0 Å². The maximum Gasteiger partial charge on any atom is 0.240 e. The van der Waals surface area contributed by atoms with E-state index in [9.17, 15) is 4.79 Å². The fraction of sp³-hybridized carbons (Fsp3) is 0.238. The first kappa shape index (κ1) is 18.7. The number of hydrogen-bond donors (Lipinski definition) is 0. The molecule has 1 aliphatic rings. The summed E-state index contributed by atoms with van der Waals surface area (Å²) in [5.41, 5.74) is 3.63. The molecular formula is C21H21N5O3. The van der Waals surface area contributed by atoms with Gasteiger partial charge in [0.2, 0.25) is 5.91 Å². The Morgan fingerprint density at radius 2 is 1.83 bits per heavy atom. The van der Waals surface area contributed by atoms with Gasteiger partial charge in [-0.25, -0.2) is 14.7 Å². The first-order valence-corrected chi connectivity index (χ1v) is 9.15. The zero-order valence-corrected chi connectivity index (χ0v) is 16.4. The molecule has 29 heavy (non-hydrogen) atoms. The lowest BCUT2D eigenvalue weighted by Gasteiger charge is -2.20. The monoisotopic (exact) mass is 391 g/mol. The lowest BCUT2D eigenvalue weighted by atomic mass is 9.98. The number of hydrogen-bond acceptors (Lipinski definition) is 6. The molecule has 8 heteroatoms. The van der Waals surface area contributed by atoms with Gasteiger partial charge >= 0.3 is 0 Å². The summed E-state index contributed by atoms with van der Waals surface area (Å²) in [5.74, 6) is 1.17. The van der Waals surface area contributed by atoms with Gasteiger partial charge in [0.1, 0.15) is 12.7 Å². The van der Waals surface area contributed by atoms with Crippen LogP contribution in [-0.2, 0) is 4.79 Å². The first-order chi connectivity index (χ1) is 14.1. The zero-order valence-electron chi connectivity index (χ0n) is 16.4. The van der Waals surface area contributed by atoms with Crippen molar-refractivity contribution >= 4 is 11.6 Å². The van der Waals surface area contributed by atoms with Gasteiger partial charge in [-0.2, -0.15) is 10.2 Å². The molecule has 0 radical (unpaired) electrons. The number of benzene rings is 2. The minimum Gasteiger partial charge on any atom is -0.493 e. The molecule has 148 valence electrons. The molecule has 0 fully saturated rings. The Morgan fingerprint density at radius 3 is 2.45 bits per heavy atom. The molecule has 1 aliphatic heterocycles. The van der Waals surface area contributed by atoms with Crippen LogP contribution >= 0.6 is 0 Å². The summed E-state index contributed by atoms with van der Waals surface area (Å²) in [5, 5.41) is 10.3. The van der Waals surface area contributed by atoms with Gasteiger partial charge in [-0.3, -0.25) is 4.79 Å². The minimum absolute atomic E-state index is 0.106. The van der Waals surface area contributed by atoms with E-state index < -0.39 is 0 Å². The maximum atomic E-state index is 12.2. The molecule has 0 spiro atoms. The highest BCUT2D eigenvalue weighted by molar-refractivity contribution is 6.03. The normalized spacial score (nSPS) is 15.9. The topological polar surface area (TPSA) is 81.8 Å². The standard InChI is InChI=1S/C21H21N5O3/c1-14(27)26-19(15-4-7-17(8-5-15)25-13-22-12-23-25)11-18(24-26)16-6-9-20(28-2)21(10-16)29-3/h4-10,12-13,19H,11H2,1-3H3. The van der Waals surface area contributed by atoms with E-state index in [2.05, 4.69) is 15.2 Å². The molecule has 2 aromatic carbocycles. The van der Waals surface area contributed by atoms with Crippen LogP contribution in [0.25, 0.3) is 5.69 Å². The molecule has 0 saturated carbocycles. The highest BCUT2D eigenvalue weighted by Gasteiger charge is 2.31. The molecule has 1 aromatic heterocycles. The second-order valence-electron chi connectivity index (χ2n) is 6.63. The lowest BCUT2D eigenvalue weighted by Crippen LogP contribution is -2.24. The fourth-order valence-electron chi connectivity index (χ4n) is 3.44. The van der Waals surface area contributed by atoms with Crippen molar-refractivity contribution in [3.05, 3.63) is 66.2 Å². The molecule has 0 saturated heterocycles. The predicted molar refractivity (Wildman–Crippen MR) is 107 cm³/mol. The third-order valence-electron chi connectivity index (χ3n) is 4.91. The maximum absolute atomic E-state index is 12.2. The summed E-state index contributed by atoms with van der Waals surface area (Å²) < 4.78 is 12.4. The van der Waals surface area contributed by atoms with Gasteiger partial charge in [-0.05, 0) is 35.9 Å². The van der Waals surface area contributed by atoms with E-state index in [-0.39, 0.29) is 11.9 Å². The number of carbonyl (C=O) groups excluding carboxylic acids is 1. The number of ether oxygens (including phenoxy) is 2. The Hall–Kier alpha value is -3.68. The van der Waals surface area contributed by atoms with E-state index in [1.165, 1.54) is 18.3 Å². The van der Waals surface area contributed by atoms with Crippen LogP contribution in [0.1, 0.15) is 30.5 Å². The molecule has 0 aliphatic carbocycles. The number of hydrazone groups is 1. The largest absolute Gasteiger partial charge is 0.493 e. The van der Waals surface area contributed by atoms with Crippen LogP contribution in [0, 0.1) is 0 Å². The minimum atomic E-state index is -0.166. The van der Waals surface area contributed by atoms with Gasteiger partial charge in [0.05, 0.1) is 31.7 Å². The van der Waals surface area contributed by atoms with Crippen molar-refractivity contribution in [3.63, 3.8) is 0 Å². The summed E-state index contributed by atoms with van der Waals surface area (Å²) in [6.45, 7) is 1.53. The highest BCUT2D eigenvalue weighted by Crippen LogP contribution is 2.35.